The molecule has 188 valence electrons. The van der Waals surface area contributed by atoms with Gasteiger partial charge in [0.05, 0.1) is 10.4 Å². The molecule has 1 aromatic heterocycles. The first-order chi connectivity index (χ1) is 17.8. The highest BCUT2D eigenvalue weighted by Gasteiger charge is 2.24. The van der Waals surface area contributed by atoms with Crippen LogP contribution >= 0.6 is 11.3 Å². The van der Waals surface area contributed by atoms with Crippen molar-refractivity contribution in [3.05, 3.63) is 113 Å². The molecule has 7 nitrogen and oxygen atoms in total. The molecule has 1 atom stereocenters. The van der Waals surface area contributed by atoms with Gasteiger partial charge in [-0.2, -0.15) is 0 Å². The monoisotopic (exact) mass is 521 g/mol. The van der Waals surface area contributed by atoms with Crippen LogP contribution in [-0.4, -0.2) is 28.9 Å². The van der Waals surface area contributed by atoms with Gasteiger partial charge in [0.2, 0.25) is 0 Å². The molecule has 0 aliphatic carbocycles. The van der Waals surface area contributed by atoms with E-state index in [2.05, 4.69) is 16.2 Å². The maximum atomic E-state index is 13.9. The Balaban J connectivity index is 1.48. The quantitative estimate of drug-likeness (QED) is 0.274. The number of carbonyl (C=O) groups excluding carboxylic acids is 3. The van der Waals surface area contributed by atoms with Crippen molar-refractivity contribution in [2.24, 2.45) is 0 Å². The molecule has 0 unspecified atom stereocenters. The Hall–Kier alpha value is -4.57. The number of aromatic hydroxyl groups is 1. The number of benzene rings is 3. The van der Waals surface area contributed by atoms with E-state index in [1.807, 2.05) is 0 Å². The van der Waals surface area contributed by atoms with E-state index in [0.29, 0.717) is 10.4 Å². The molecular formula is C27H21F2N3O4S. The number of nitrogens with one attached hydrogen (secondary N) is 3. The van der Waals surface area contributed by atoms with Crippen molar-refractivity contribution >= 4 is 29.1 Å². The van der Waals surface area contributed by atoms with Crippen molar-refractivity contribution in [2.45, 2.75) is 12.5 Å². The number of phenolic OH excluding ortho intramolecular Hbond substituents is 1. The van der Waals surface area contributed by atoms with Crippen LogP contribution in [0.3, 0.4) is 0 Å². The van der Waals surface area contributed by atoms with Crippen LogP contribution in [-0.2, 0) is 11.2 Å². The van der Waals surface area contributed by atoms with Gasteiger partial charge in [0.15, 0.2) is 0 Å². The molecule has 4 rings (SSSR count). The summed E-state index contributed by atoms with van der Waals surface area (Å²) in [6.07, 6.45) is 0.0453. The Morgan fingerprint density at radius 2 is 1.51 bits per heavy atom. The number of amides is 3. The third-order valence-corrected chi connectivity index (χ3v) is 6.51. The predicted molar refractivity (Wildman–Crippen MR) is 135 cm³/mol. The second-order valence-corrected chi connectivity index (χ2v) is 9.07. The number of rotatable bonds is 7. The molecule has 0 fully saturated rings. The van der Waals surface area contributed by atoms with Crippen LogP contribution in [0.2, 0.25) is 0 Å². The molecule has 0 aliphatic rings. The van der Waals surface area contributed by atoms with Gasteiger partial charge in [0.25, 0.3) is 17.7 Å². The number of hydrogen-bond acceptors (Lipinski definition) is 5. The molecule has 0 radical (unpaired) electrons. The summed E-state index contributed by atoms with van der Waals surface area (Å²) in [5.74, 6) is -3.21. The lowest BCUT2D eigenvalue weighted by Gasteiger charge is -2.19. The Morgan fingerprint density at radius 3 is 2.22 bits per heavy atom. The van der Waals surface area contributed by atoms with E-state index in [1.165, 1.54) is 53.8 Å². The first kappa shape index (κ1) is 25.5. The second-order valence-electron chi connectivity index (χ2n) is 7.99. The summed E-state index contributed by atoms with van der Waals surface area (Å²) in [5, 5.41) is 12.2. The lowest BCUT2D eigenvalue weighted by Crippen LogP contribution is -2.53. The zero-order valence-corrected chi connectivity index (χ0v) is 20.0. The van der Waals surface area contributed by atoms with E-state index in [4.69, 9.17) is 0 Å². The van der Waals surface area contributed by atoms with Crippen molar-refractivity contribution in [3.63, 3.8) is 0 Å². The van der Waals surface area contributed by atoms with Crippen molar-refractivity contribution < 1.29 is 28.3 Å². The fourth-order valence-electron chi connectivity index (χ4n) is 3.45. The van der Waals surface area contributed by atoms with E-state index in [-0.39, 0.29) is 23.6 Å². The first-order valence-corrected chi connectivity index (χ1v) is 11.9. The van der Waals surface area contributed by atoms with Crippen LogP contribution in [0.4, 0.5) is 8.78 Å². The second kappa shape index (κ2) is 11.4. The normalized spacial score (nSPS) is 11.4. The largest absolute Gasteiger partial charge is 0.508 e. The molecule has 4 aromatic rings. The highest BCUT2D eigenvalue weighted by molar-refractivity contribution is 7.17. The Labute approximate surface area is 214 Å². The van der Waals surface area contributed by atoms with E-state index < -0.39 is 29.6 Å². The molecule has 1 heterocycles. The van der Waals surface area contributed by atoms with Crippen molar-refractivity contribution in [3.8, 4) is 16.2 Å². The Morgan fingerprint density at radius 1 is 0.811 bits per heavy atom. The summed E-state index contributed by atoms with van der Waals surface area (Å²) in [6.45, 7) is 0. The number of halogens is 2. The van der Waals surface area contributed by atoms with E-state index in [1.54, 1.807) is 36.4 Å². The lowest BCUT2D eigenvalue weighted by molar-refractivity contribution is -0.123. The smallest absolute Gasteiger partial charge is 0.272 e. The molecule has 0 bridgehead atoms. The average Bonchev–Trinajstić information content (AvgIpc) is 3.39. The predicted octanol–water partition coefficient (Wildman–Crippen LogP) is 4.20. The van der Waals surface area contributed by atoms with E-state index >= 15 is 0 Å². The molecule has 0 aliphatic heterocycles. The Kier molecular flexibility index (Phi) is 7.89. The van der Waals surface area contributed by atoms with Crippen molar-refractivity contribution in [1.82, 2.24) is 16.2 Å². The molecule has 3 aromatic carbocycles. The number of carbonyl (C=O) groups is 3. The maximum Gasteiger partial charge on any atom is 0.272 e. The number of hydrogen-bond donors (Lipinski definition) is 4. The van der Waals surface area contributed by atoms with Gasteiger partial charge < -0.3 is 10.4 Å². The van der Waals surface area contributed by atoms with Crippen LogP contribution in [0.25, 0.3) is 10.4 Å². The number of hydrazine groups is 1. The van der Waals surface area contributed by atoms with Crippen LogP contribution < -0.4 is 16.2 Å². The van der Waals surface area contributed by atoms with E-state index in [9.17, 15) is 28.3 Å². The molecular weight excluding hydrogens is 500 g/mol. The maximum absolute atomic E-state index is 13.9. The lowest BCUT2D eigenvalue weighted by atomic mass is 10.0. The van der Waals surface area contributed by atoms with Crippen molar-refractivity contribution in [1.29, 1.82) is 0 Å². The van der Waals surface area contributed by atoms with Crippen LogP contribution in [0.15, 0.2) is 84.9 Å². The average molecular weight is 522 g/mol. The summed E-state index contributed by atoms with van der Waals surface area (Å²) in [4.78, 5) is 39.3. The molecule has 3 amide bonds. The SMILES string of the molecule is O=C(N[C@@H](Cc1ccc(O)cc1)C(=O)NNC(=O)c1ccccc1F)c1ccc(-c2ccc(F)cc2)s1. The minimum Gasteiger partial charge on any atom is -0.508 e. The molecule has 0 spiro atoms. The minimum atomic E-state index is -1.12. The topological polar surface area (TPSA) is 108 Å². The molecule has 0 saturated carbocycles. The summed E-state index contributed by atoms with van der Waals surface area (Å²) in [7, 11) is 0. The minimum absolute atomic E-state index is 0.0397. The van der Waals surface area contributed by atoms with Gasteiger partial charge in [-0.3, -0.25) is 25.2 Å². The van der Waals surface area contributed by atoms with Gasteiger partial charge in [-0.15, -0.1) is 11.3 Å². The van der Waals surface area contributed by atoms with Crippen LogP contribution in [0, 0.1) is 11.6 Å². The van der Waals surface area contributed by atoms with Gasteiger partial charge in [0.1, 0.15) is 23.4 Å². The third kappa shape index (κ3) is 6.56. The van der Waals surface area contributed by atoms with Crippen molar-refractivity contribution in [2.75, 3.05) is 0 Å². The standard InChI is InChI=1S/C27H21F2N3O4S/c28-18-9-7-17(8-10-18)23-13-14-24(37-23)27(36)30-22(15-16-5-11-19(33)12-6-16)26(35)32-31-25(34)20-3-1-2-4-21(20)29/h1-14,22,33H,15H2,(H,30,36)(H,31,34)(H,32,35)/t22-/m0/s1. The van der Waals surface area contributed by atoms with Crippen LogP contribution in [0.1, 0.15) is 25.6 Å². The van der Waals surface area contributed by atoms with E-state index in [0.717, 1.165) is 16.5 Å². The summed E-state index contributed by atoms with van der Waals surface area (Å²) in [5.41, 5.74) is 5.51. The molecule has 10 heteroatoms. The van der Waals surface area contributed by atoms with Gasteiger partial charge in [0, 0.05) is 11.3 Å². The fourth-order valence-corrected chi connectivity index (χ4v) is 4.37. The fraction of sp³-hybridized carbons (Fsp3) is 0.0741. The summed E-state index contributed by atoms with van der Waals surface area (Å²) >= 11 is 1.17. The van der Waals surface area contributed by atoms with Gasteiger partial charge in [-0.1, -0.05) is 36.4 Å². The van der Waals surface area contributed by atoms with Gasteiger partial charge >= 0.3 is 0 Å². The highest BCUT2D eigenvalue weighted by atomic mass is 32.1. The van der Waals surface area contributed by atoms with Crippen LogP contribution in [0.5, 0.6) is 5.75 Å². The van der Waals surface area contributed by atoms with Gasteiger partial charge in [-0.05, 0) is 59.7 Å². The number of phenols is 1. The summed E-state index contributed by atoms with van der Waals surface area (Å²) in [6, 6.07) is 19.4. The molecule has 4 N–H and O–H groups in total. The number of thiophene rings is 1. The zero-order chi connectivity index (χ0) is 26.4. The summed E-state index contributed by atoms with van der Waals surface area (Å²) < 4.78 is 27.1. The highest BCUT2D eigenvalue weighted by Crippen LogP contribution is 2.28. The zero-order valence-electron chi connectivity index (χ0n) is 19.2. The first-order valence-electron chi connectivity index (χ1n) is 11.1. The van der Waals surface area contributed by atoms with Gasteiger partial charge in [-0.25, -0.2) is 8.78 Å². The third-order valence-electron chi connectivity index (χ3n) is 5.37. The molecule has 37 heavy (non-hydrogen) atoms. The molecule has 0 saturated heterocycles. The Bertz CT molecular complexity index is 1420.